The molecule has 1 aromatic carbocycles. The van der Waals surface area contributed by atoms with Crippen LogP contribution in [-0.2, 0) is 6.42 Å². The minimum atomic E-state index is -0.315. The molecular formula is C18H29ClFN. The Morgan fingerprint density at radius 2 is 1.95 bits per heavy atom. The molecule has 0 aromatic heterocycles. The van der Waals surface area contributed by atoms with E-state index in [4.69, 9.17) is 11.6 Å². The molecule has 0 saturated carbocycles. The fourth-order valence-electron chi connectivity index (χ4n) is 2.81. The van der Waals surface area contributed by atoms with Crippen LogP contribution in [0.25, 0.3) is 0 Å². The number of unbranched alkanes of at least 4 members (excludes halogenated alkanes) is 1. The summed E-state index contributed by atoms with van der Waals surface area (Å²) in [5.74, 6) is 0.334. The molecule has 0 fully saturated rings. The van der Waals surface area contributed by atoms with Gasteiger partial charge in [-0.25, -0.2) is 4.39 Å². The van der Waals surface area contributed by atoms with Crippen LogP contribution in [0.3, 0.4) is 0 Å². The summed E-state index contributed by atoms with van der Waals surface area (Å²) >= 11 is 5.77. The summed E-state index contributed by atoms with van der Waals surface area (Å²) in [6.45, 7) is 7.68. The van der Waals surface area contributed by atoms with E-state index in [9.17, 15) is 4.39 Å². The normalized spacial score (nSPS) is 14.1. The first kappa shape index (κ1) is 18.4. The smallest absolute Gasteiger partial charge is 0.142 e. The first-order valence-electron chi connectivity index (χ1n) is 8.29. The third-order valence-electron chi connectivity index (χ3n) is 4.12. The van der Waals surface area contributed by atoms with Gasteiger partial charge in [0, 0.05) is 6.04 Å². The molecule has 0 saturated heterocycles. The largest absolute Gasteiger partial charge is 0.313 e. The van der Waals surface area contributed by atoms with E-state index < -0.39 is 0 Å². The van der Waals surface area contributed by atoms with Gasteiger partial charge < -0.3 is 5.32 Å². The van der Waals surface area contributed by atoms with Crippen molar-refractivity contribution in [1.82, 2.24) is 5.32 Å². The van der Waals surface area contributed by atoms with Crippen molar-refractivity contribution in [1.29, 1.82) is 0 Å². The molecule has 0 heterocycles. The van der Waals surface area contributed by atoms with Crippen LogP contribution in [0.15, 0.2) is 18.2 Å². The Balaban J connectivity index is 2.77. The van der Waals surface area contributed by atoms with Gasteiger partial charge in [-0.1, -0.05) is 57.7 Å². The Hall–Kier alpha value is -0.600. The topological polar surface area (TPSA) is 12.0 Å². The van der Waals surface area contributed by atoms with Crippen molar-refractivity contribution in [2.24, 2.45) is 5.92 Å². The van der Waals surface area contributed by atoms with Crippen molar-refractivity contribution in [2.75, 3.05) is 6.54 Å². The third-order valence-corrected chi connectivity index (χ3v) is 4.42. The Bertz CT molecular complexity index is 408. The molecule has 1 rings (SSSR count). The molecule has 1 N–H and O–H groups in total. The average molecular weight is 314 g/mol. The van der Waals surface area contributed by atoms with Gasteiger partial charge in [-0.15, -0.1) is 0 Å². The van der Waals surface area contributed by atoms with Gasteiger partial charge in [0.25, 0.3) is 0 Å². The van der Waals surface area contributed by atoms with E-state index in [1.807, 2.05) is 6.07 Å². The van der Waals surface area contributed by atoms with Crippen LogP contribution >= 0.6 is 11.6 Å². The Morgan fingerprint density at radius 1 is 1.19 bits per heavy atom. The van der Waals surface area contributed by atoms with E-state index in [1.54, 1.807) is 12.1 Å². The van der Waals surface area contributed by atoms with Crippen LogP contribution < -0.4 is 5.32 Å². The van der Waals surface area contributed by atoms with Gasteiger partial charge in [0.05, 0.1) is 5.02 Å². The molecule has 0 aliphatic rings. The van der Waals surface area contributed by atoms with Crippen molar-refractivity contribution in [3.05, 3.63) is 34.6 Å². The van der Waals surface area contributed by atoms with E-state index >= 15 is 0 Å². The average Bonchev–Trinajstić information content (AvgIpc) is 2.48. The summed E-state index contributed by atoms with van der Waals surface area (Å²) in [6.07, 6.45) is 6.89. The first-order chi connectivity index (χ1) is 10.1. The molecule has 3 heteroatoms. The van der Waals surface area contributed by atoms with Crippen molar-refractivity contribution < 1.29 is 4.39 Å². The summed E-state index contributed by atoms with van der Waals surface area (Å²) in [7, 11) is 0. The lowest BCUT2D eigenvalue weighted by atomic mass is 9.87. The van der Waals surface area contributed by atoms with Crippen LogP contribution in [0.4, 0.5) is 4.39 Å². The zero-order valence-corrected chi connectivity index (χ0v) is 14.3. The number of hydrogen-bond acceptors (Lipinski definition) is 1. The van der Waals surface area contributed by atoms with E-state index in [-0.39, 0.29) is 10.8 Å². The molecule has 0 amide bonds. The maximum absolute atomic E-state index is 13.6. The maximum atomic E-state index is 13.6. The maximum Gasteiger partial charge on any atom is 0.142 e. The van der Waals surface area contributed by atoms with Crippen LogP contribution in [0.2, 0.25) is 5.02 Å². The van der Waals surface area contributed by atoms with Gasteiger partial charge in [-0.3, -0.25) is 0 Å². The minimum Gasteiger partial charge on any atom is -0.313 e. The third kappa shape index (κ3) is 6.36. The molecule has 0 aliphatic heterocycles. The van der Waals surface area contributed by atoms with Crippen LogP contribution in [0.1, 0.15) is 58.4 Å². The molecule has 0 bridgehead atoms. The SMILES string of the molecule is CCCCC(CC)C(Cc1ccc(Cl)c(F)c1)NCCC. The fourth-order valence-corrected chi connectivity index (χ4v) is 2.93. The van der Waals surface area contributed by atoms with Crippen molar-refractivity contribution in [3.8, 4) is 0 Å². The van der Waals surface area contributed by atoms with Gasteiger partial charge >= 0.3 is 0 Å². The fraction of sp³-hybridized carbons (Fsp3) is 0.667. The van der Waals surface area contributed by atoms with Gasteiger partial charge in [0.2, 0.25) is 0 Å². The predicted molar refractivity (Wildman–Crippen MR) is 90.5 cm³/mol. The number of halogens is 2. The lowest BCUT2D eigenvalue weighted by Gasteiger charge is -2.28. The highest BCUT2D eigenvalue weighted by molar-refractivity contribution is 6.30. The van der Waals surface area contributed by atoms with Gasteiger partial charge in [-0.05, 0) is 49.4 Å². The summed E-state index contributed by atoms with van der Waals surface area (Å²) in [5.41, 5.74) is 1.03. The van der Waals surface area contributed by atoms with Crippen LogP contribution in [0.5, 0.6) is 0 Å². The molecule has 0 spiro atoms. The second-order valence-corrected chi connectivity index (χ2v) is 6.23. The van der Waals surface area contributed by atoms with Crippen LogP contribution in [0, 0.1) is 11.7 Å². The van der Waals surface area contributed by atoms with Gasteiger partial charge in [0.1, 0.15) is 5.82 Å². The van der Waals surface area contributed by atoms with Crippen molar-refractivity contribution >= 4 is 11.6 Å². The molecule has 120 valence electrons. The Labute approximate surface area is 134 Å². The molecule has 2 atom stereocenters. The quantitative estimate of drug-likeness (QED) is 0.592. The second-order valence-electron chi connectivity index (χ2n) is 5.82. The molecule has 0 radical (unpaired) electrons. The second kappa shape index (κ2) is 10.2. The number of rotatable bonds is 10. The molecule has 1 aromatic rings. The predicted octanol–water partition coefficient (Wildman–Crippen LogP) is 5.61. The zero-order chi connectivity index (χ0) is 15.7. The first-order valence-corrected chi connectivity index (χ1v) is 8.67. The molecule has 21 heavy (non-hydrogen) atoms. The lowest BCUT2D eigenvalue weighted by molar-refractivity contribution is 0.315. The zero-order valence-electron chi connectivity index (χ0n) is 13.6. The number of benzene rings is 1. The summed E-state index contributed by atoms with van der Waals surface area (Å²) < 4.78 is 13.6. The van der Waals surface area contributed by atoms with E-state index in [1.165, 1.54) is 19.3 Å². The lowest BCUT2D eigenvalue weighted by Crippen LogP contribution is -2.38. The van der Waals surface area contributed by atoms with Crippen molar-refractivity contribution in [3.63, 3.8) is 0 Å². The summed E-state index contributed by atoms with van der Waals surface area (Å²) in [5, 5.41) is 3.86. The monoisotopic (exact) mass is 313 g/mol. The molecular weight excluding hydrogens is 285 g/mol. The highest BCUT2D eigenvalue weighted by Gasteiger charge is 2.19. The summed E-state index contributed by atoms with van der Waals surface area (Å²) in [4.78, 5) is 0. The molecule has 0 aliphatic carbocycles. The Morgan fingerprint density at radius 3 is 2.52 bits per heavy atom. The standard InChI is InChI=1S/C18H29ClFN/c1-4-7-8-15(6-3)18(21-11-5-2)13-14-9-10-16(19)17(20)12-14/h9-10,12,15,18,21H,4-8,11,13H2,1-3H3. The molecule has 1 nitrogen and oxygen atoms in total. The Kier molecular flexibility index (Phi) is 8.94. The van der Waals surface area contributed by atoms with Gasteiger partial charge in [-0.2, -0.15) is 0 Å². The molecule has 2 unspecified atom stereocenters. The number of nitrogens with one attached hydrogen (secondary N) is 1. The van der Waals surface area contributed by atoms with Gasteiger partial charge in [0.15, 0.2) is 0 Å². The highest BCUT2D eigenvalue weighted by Crippen LogP contribution is 2.22. The highest BCUT2D eigenvalue weighted by atomic mass is 35.5. The van der Waals surface area contributed by atoms with E-state index in [0.29, 0.717) is 12.0 Å². The number of hydrogen-bond donors (Lipinski definition) is 1. The minimum absolute atomic E-state index is 0.204. The van der Waals surface area contributed by atoms with E-state index in [0.717, 1.165) is 31.4 Å². The van der Waals surface area contributed by atoms with Crippen molar-refractivity contribution in [2.45, 2.75) is 65.3 Å². The van der Waals surface area contributed by atoms with E-state index in [2.05, 4.69) is 26.1 Å². The summed E-state index contributed by atoms with van der Waals surface area (Å²) in [6, 6.07) is 5.60. The van der Waals surface area contributed by atoms with Crippen LogP contribution in [-0.4, -0.2) is 12.6 Å².